The fourth-order valence-corrected chi connectivity index (χ4v) is 0.464. The van der Waals surface area contributed by atoms with Crippen LogP contribution in [0.1, 0.15) is 0 Å². The minimum atomic E-state index is -0.0764. The minimum Gasteiger partial charge on any atom is -0.504 e. The van der Waals surface area contributed by atoms with Crippen LogP contribution in [0.25, 0.3) is 0 Å². The van der Waals surface area contributed by atoms with Gasteiger partial charge in [0.1, 0.15) is 0 Å². The summed E-state index contributed by atoms with van der Waals surface area (Å²) in [6.45, 7) is 0. The summed E-state index contributed by atoms with van der Waals surface area (Å²) in [5.41, 5.74) is 0. The quantitative estimate of drug-likeness (QED) is 0.524. The zero-order chi connectivity index (χ0) is 5.98. The van der Waals surface area contributed by atoms with Crippen LogP contribution in [0.3, 0.4) is 0 Å². The molecule has 0 bridgehead atoms. The van der Waals surface area contributed by atoms with Crippen LogP contribution in [0.4, 0.5) is 0 Å². The van der Waals surface area contributed by atoms with Gasteiger partial charge in [0, 0.05) is 48.9 Å². The molecular weight excluding hydrogens is 241 g/mol. The standard InChI is InChI=1S/C6H6O2.Ba/c7-5-3-1-2-4-6(5)8;/h1-4,7-8H;. The average molecular weight is 247 g/mol. The number of benzene rings is 1. The molecule has 0 fully saturated rings. The predicted molar refractivity (Wildman–Crippen MR) is 35.5 cm³/mol. The van der Waals surface area contributed by atoms with Gasteiger partial charge in [0.2, 0.25) is 0 Å². The second-order valence-corrected chi connectivity index (χ2v) is 1.49. The van der Waals surface area contributed by atoms with Gasteiger partial charge in [-0.3, -0.25) is 0 Å². The van der Waals surface area contributed by atoms with E-state index in [1.54, 1.807) is 12.1 Å². The van der Waals surface area contributed by atoms with Crippen LogP contribution in [0.2, 0.25) is 0 Å². The van der Waals surface area contributed by atoms with Gasteiger partial charge in [0.05, 0.1) is 0 Å². The van der Waals surface area contributed by atoms with E-state index in [1.165, 1.54) is 12.1 Å². The van der Waals surface area contributed by atoms with Crippen molar-refractivity contribution in [3.05, 3.63) is 24.3 Å². The molecule has 2 nitrogen and oxygen atoms in total. The van der Waals surface area contributed by atoms with Crippen molar-refractivity contribution in [2.24, 2.45) is 0 Å². The zero-order valence-corrected chi connectivity index (χ0v) is 9.35. The maximum atomic E-state index is 8.67. The molecule has 9 heavy (non-hydrogen) atoms. The van der Waals surface area contributed by atoms with Crippen molar-refractivity contribution in [2.75, 3.05) is 0 Å². The van der Waals surface area contributed by atoms with Crippen molar-refractivity contribution in [1.82, 2.24) is 0 Å². The summed E-state index contributed by atoms with van der Waals surface area (Å²) in [7, 11) is 0. The van der Waals surface area contributed by atoms with Crippen molar-refractivity contribution in [3.8, 4) is 11.5 Å². The molecule has 1 aromatic carbocycles. The Labute approximate surface area is 93.6 Å². The first-order valence-electron chi connectivity index (χ1n) is 2.27. The number of hydrogen-bond donors (Lipinski definition) is 2. The van der Waals surface area contributed by atoms with Gasteiger partial charge in [-0.2, -0.15) is 0 Å². The Morgan fingerprint density at radius 2 is 1.22 bits per heavy atom. The summed E-state index contributed by atoms with van der Waals surface area (Å²) in [4.78, 5) is 0. The molecule has 0 saturated carbocycles. The molecule has 0 aromatic heterocycles. The van der Waals surface area contributed by atoms with Crippen LogP contribution in [0, 0.1) is 0 Å². The van der Waals surface area contributed by atoms with E-state index < -0.39 is 0 Å². The second kappa shape index (κ2) is 4.25. The first kappa shape index (κ1) is 9.39. The van der Waals surface area contributed by atoms with Gasteiger partial charge in [-0.15, -0.1) is 0 Å². The van der Waals surface area contributed by atoms with E-state index in [0.29, 0.717) is 0 Å². The number of phenols is 2. The summed E-state index contributed by atoms with van der Waals surface area (Å²) in [6, 6.07) is 6.15. The first-order valence-corrected chi connectivity index (χ1v) is 2.27. The molecule has 1 rings (SSSR count). The number of para-hydroxylation sites is 2. The van der Waals surface area contributed by atoms with E-state index in [-0.39, 0.29) is 60.4 Å². The van der Waals surface area contributed by atoms with Crippen LogP contribution in [0.5, 0.6) is 11.5 Å². The number of rotatable bonds is 0. The molecule has 0 heterocycles. The smallest absolute Gasteiger partial charge is 0.157 e. The molecule has 0 unspecified atom stereocenters. The third-order valence-corrected chi connectivity index (χ3v) is 0.882. The van der Waals surface area contributed by atoms with Crippen molar-refractivity contribution >= 4 is 48.9 Å². The zero-order valence-electron chi connectivity index (χ0n) is 4.91. The second-order valence-electron chi connectivity index (χ2n) is 1.49. The van der Waals surface area contributed by atoms with Crippen molar-refractivity contribution < 1.29 is 10.2 Å². The topological polar surface area (TPSA) is 40.5 Å². The molecule has 0 atom stereocenters. The SMILES string of the molecule is Oc1ccccc1O.[Ba]. The van der Waals surface area contributed by atoms with E-state index in [4.69, 9.17) is 10.2 Å². The van der Waals surface area contributed by atoms with Gasteiger partial charge in [0.25, 0.3) is 0 Å². The fraction of sp³-hybridized carbons (Fsp3) is 0. The molecule has 1 aromatic rings. The summed E-state index contributed by atoms with van der Waals surface area (Å²) < 4.78 is 0. The third-order valence-electron chi connectivity index (χ3n) is 0.882. The molecule has 2 N–H and O–H groups in total. The molecule has 0 saturated heterocycles. The van der Waals surface area contributed by atoms with E-state index in [1.807, 2.05) is 0 Å². The summed E-state index contributed by atoms with van der Waals surface area (Å²) in [5.74, 6) is -0.153. The predicted octanol–water partition coefficient (Wildman–Crippen LogP) is 0.717. The number of hydrogen-bond acceptors (Lipinski definition) is 2. The Morgan fingerprint density at radius 1 is 0.889 bits per heavy atom. The van der Waals surface area contributed by atoms with E-state index in [2.05, 4.69) is 0 Å². The van der Waals surface area contributed by atoms with Gasteiger partial charge in [0.15, 0.2) is 11.5 Å². The maximum Gasteiger partial charge on any atom is 0.157 e. The van der Waals surface area contributed by atoms with Gasteiger partial charge in [-0.25, -0.2) is 0 Å². The van der Waals surface area contributed by atoms with Crippen LogP contribution in [0.15, 0.2) is 24.3 Å². The van der Waals surface area contributed by atoms with E-state index in [9.17, 15) is 0 Å². The summed E-state index contributed by atoms with van der Waals surface area (Å²) >= 11 is 0. The Morgan fingerprint density at radius 3 is 1.44 bits per heavy atom. The van der Waals surface area contributed by atoms with Crippen molar-refractivity contribution in [1.29, 1.82) is 0 Å². The van der Waals surface area contributed by atoms with Gasteiger partial charge >= 0.3 is 0 Å². The molecule has 44 valence electrons. The van der Waals surface area contributed by atoms with Crippen molar-refractivity contribution in [3.63, 3.8) is 0 Å². The molecule has 0 aliphatic rings. The molecule has 0 spiro atoms. The molecular formula is C6H6BaO2. The Hall–Kier alpha value is 0.391. The molecule has 0 aliphatic heterocycles. The van der Waals surface area contributed by atoms with Crippen molar-refractivity contribution in [2.45, 2.75) is 0 Å². The normalized spacial score (nSPS) is 8.00. The maximum absolute atomic E-state index is 8.67. The fourth-order valence-electron chi connectivity index (χ4n) is 0.464. The number of phenolic OH excluding ortho intramolecular Hbond substituents is 2. The van der Waals surface area contributed by atoms with E-state index >= 15 is 0 Å². The van der Waals surface area contributed by atoms with E-state index in [0.717, 1.165) is 0 Å². The molecule has 2 radical (unpaired) electrons. The molecule has 3 heteroatoms. The van der Waals surface area contributed by atoms with Crippen LogP contribution >= 0.6 is 0 Å². The third kappa shape index (κ3) is 2.64. The van der Waals surface area contributed by atoms with Crippen LogP contribution < -0.4 is 0 Å². The summed E-state index contributed by atoms with van der Waals surface area (Å²) in [5, 5.41) is 17.3. The van der Waals surface area contributed by atoms with Gasteiger partial charge in [-0.05, 0) is 12.1 Å². The summed E-state index contributed by atoms with van der Waals surface area (Å²) in [6.07, 6.45) is 0. The molecule has 0 aliphatic carbocycles. The average Bonchev–Trinajstić information content (AvgIpc) is 1.77. The van der Waals surface area contributed by atoms with Crippen LogP contribution in [-0.2, 0) is 0 Å². The minimum absolute atomic E-state index is 0. The molecule has 0 amide bonds. The van der Waals surface area contributed by atoms with Gasteiger partial charge in [-0.1, -0.05) is 12.1 Å². The monoisotopic (exact) mass is 248 g/mol. The Kier molecular flexibility index (Phi) is 4.43. The number of aromatic hydroxyl groups is 2. The van der Waals surface area contributed by atoms with Crippen LogP contribution in [-0.4, -0.2) is 59.1 Å². The largest absolute Gasteiger partial charge is 0.504 e. The Balaban J connectivity index is 0.000000640. The Bertz CT molecular complexity index is 167. The first-order chi connectivity index (χ1) is 3.80. The van der Waals surface area contributed by atoms with Gasteiger partial charge < -0.3 is 10.2 Å².